The molecular formula is C20H25F4N3O2. The molecule has 0 bridgehead atoms. The summed E-state index contributed by atoms with van der Waals surface area (Å²) in [5, 5.41) is 1.04. The standard InChI is InChI=1S/C20H25F4N3O2/c1-13(2)29-27(12-28-11-19(3,4)5)17-7-6-16(26-18(17)20(22,23)24)14-8-15(21)10-25-9-14/h6-10,13H,11-12H2,1-5H3. The van der Waals surface area contributed by atoms with E-state index in [1.807, 2.05) is 20.8 Å². The molecule has 0 spiro atoms. The van der Waals surface area contributed by atoms with Gasteiger partial charge in [-0.1, -0.05) is 20.8 Å². The Morgan fingerprint density at radius 2 is 1.79 bits per heavy atom. The van der Waals surface area contributed by atoms with Crippen LogP contribution in [0.15, 0.2) is 30.6 Å². The second-order valence-corrected chi connectivity index (χ2v) is 8.02. The van der Waals surface area contributed by atoms with E-state index in [0.29, 0.717) is 6.61 Å². The first-order chi connectivity index (χ1) is 13.4. The summed E-state index contributed by atoms with van der Waals surface area (Å²) in [4.78, 5) is 12.9. The molecule has 0 amide bonds. The molecule has 0 saturated heterocycles. The number of anilines is 1. The summed E-state index contributed by atoms with van der Waals surface area (Å²) < 4.78 is 60.2. The highest BCUT2D eigenvalue weighted by molar-refractivity contribution is 5.62. The first kappa shape index (κ1) is 23.0. The smallest absolute Gasteiger partial charge is 0.358 e. The van der Waals surface area contributed by atoms with Gasteiger partial charge in [0.1, 0.15) is 12.5 Å². The number of halogens is 4. The number of nitrogens with zero attached hydrogens (tertiary/aromatic N) is 3. The molecule has 0 atom stereocenters. The molecule has 0 N–H and O–H groups in total. The van der Waals surface area contributed by atoms with Gasteiger partial charge in [0.15, 0.2) is 5.69 Å². The normalized spacial score (nSPS) is 12.5. The molecule has 0 fully saturated rings. The number of aromatic nitrogens is 2. The molecule has 2 aromatic heterocycles. The van der Waals surface area contributed by atoms with Crippen LogP contribution in [0.3, 0.4) is 0 Å². The van der Waals surface area contributed by atoms with E-state index >= 15 is 0 Å². The second-order valence-electron chi connectivity index (χ2n) is 8.02. The predicted molar refractivity (Wildman–Crippen MR) is 101 cm³/mol. The predicted octanol–water partition coefficient (Wildman–Crippen LogP) is 5.47. The average Bonchev–Trinajstić information content (AvgIpc) is 2.58. The fourth-order valence-electron chi connectivity index (χ4n) is 2.42. The zero-order valence-electron chi connectivity index (χ0n) is 17.0. The molecule has 0 radical (unpaired) electrons. The van der Waals surface area contributed by atoms with Gasteiger partial charge in [-0.2, -0.15) is 13.2 Å². The summed E-state index contributed by atoms with van der Waals surface area (Å²) in [5.74, 6) is -0.665. The quantitative estimate of drug-likeness (QED) is 0.341. The highest BCUT2D eigenvalue weighted by atomic mass is 19.4. The van der Waals surface area contributed by atoms with Crippen LogP contribution in [0.25, 0.3) is 11.3 Å². The minimum absolute atomic E-state index is 0.0480. The van der Waals surface area contributed by atoms with Crippen LogP contribution < -0.4 is 5.06 Å². The SMILES string of the molecule is CC(C)ON(COCC(C)(C)C)c1ccc(-c2cncc(F)c2)nc1C(F)(F)F. The van der Waals surface area contributed by atoms with Crippen LogP contribution in [0.5, 0.6) is 0 Å². The molecular weight excluding hydrogens is 390 g/mol. The van der Waals surface area contributed by atoms with Crippen molar-refractivity contribution in [2.75, 3.05) is 18.4 Å². The fraction of sp³-hybridized carbons (Fsp3) is 0.500. The van der Waals surface area contributed by atoms with Crippen molar-refractivity contribution >= 4 is 5.69 Å². The van der Waals surface area contributed by atoms with Gasteiger partial charge < -0.3 is 4.74 Å². The van der Waals surface area contributed by atoms with Crippen LogP contribution in [0.2, 0.25) is 0 Å². The van der Waals surface area contributed by atoms with Gasteiger partial charge in [0.05, 0.1) is 30.3 Å². The van der Waals surface area contributed by atoms with E-state index in [4.69, 9.17) is 9.57 Å². The average molecular weight is 415 g/mol. The molecule has 0 aromatic carbocycles. The van der Waals surface area contributed by atoms with E-state index in [1.54, 1.807) is 13.8 Å². The third-order valence-electron chi connectivity index (χ3n) is 3.49. The van der Waals surface area contributed by atoms with Crippen LogP contribution in [-0.2, 0) is 15.8 Å². The van der Waals surface area contributed by atoms with Gasteiger partial charge in [-0.3, -0.25) is 9.82 Å². The molecule has 2 rings (SSSR count). The second kappa shape index (κ2) is 9.04. The zero-order valence-corrected chi connectivity index (χ0v) is 17.0. The minimum Gasteiger partial charge on any atom is -0.358 e. The lowest BCUT2D eigenvalue weighted by molar-refractivity contribution is -0.141. The van der Waals surface area contributed by atoms with Gasteiger partial charge in [0.2, 0.25) is 0 Å². The Morgan fingerprint density at radius 1 is 1.10 bits per heavy atom. The van der Waals surface area contributed by atoms with Crippen molar-refractivity contribution in [3.63, 3.8) is 0 Å². The van der Waals surface area contributed by atoms with Crippen molar-refractivity contribution in [3.8, 4) is 11.3 Å². The summed E-state index contributed by atoms with van der Waals surface area (Å²) in [6, 6.07) is 3.67. The van der Waals surface area contributed by atoms with E-state index in [2.05, 4.69) is 9.97 Å². The van der Waals surface area contributed by atoms with E-state index in [9.17, 15) is 17.6 Å². The largest absolute Gasteiger partial charge is 0.435 e. The molecule has 2 heterocycles. The number of pyridine rings is 2. The maximum absolute atomic E-state index is 13.8. The van der Waals surface area contributed by atoms with Crippen molar-refractivity contribution in [2.24, 2.45) is 5.41 Å². The third kappa shape index (κ3) is 6.93. The summed E-state index contributed by atoms with van der Waals surface area (Å²) in [6.07, 6.45) is -2.93. The molecule has 0 aliphatic carbocycles. The van der Waals surface area contributed by atoms with Crippen molar-refractivity contribution in [1.82, 2.24) is 9.97 Å². The maximum atomic E-state index is 13.8. The van der Waals surface area contributed by atoms with Gasteiger partial charge in [-0.15, -0.1) is 0 Å². The highest BCUT2D eigenvalue weighted by Crippen LogP contribution is 2.37. The Hall–Kier alpha value is -2.26. The number of alkyl halides is 3. The maximum Gasteiger partial charge on any atom is 0.435 e. The minimum atomic E-state index is -4.76. The Labute approximate surface area is 167 Å². The van der Waals surface area contributed by atoms with E-state index < -0.39 is 17.7 Å². The number of hydroxylamine groups is 1. The summed E-state index contributed by atoms with van der Waals surface area (Å²) in [5.41, 5.74) is -1.51. The van der Waals surface area contributed by atoms with Crippen LogP contribution >= 0.6 is 0 Å². The fourth-order valence-corrected chi connectivity index (χ4v) is 2.42. The van der Waals surface area contributed by atoms with Gasteiger partial charge in [-0.05, 0) is 37.5 Å². The molecule has 5 nitrogen and oxygen atoms in total. The molecule has 9 heteroatoms. The number of ether oxygens (including phenoxy) is 1. The molecule has 2 aromatic rings. The molecule has 29 heavy (non-hydrogen) atoms. The lowest BCUT2D eigenvalue weighted by Crippen LogP contribution is -2.33. The molecule has 0 aliphatic heterocycles. The third-order valence-corrected chi connectivity index (χ3v) is 3.49. The van der Waals surface area contributed by atoms with Crippen LogP contribution in [-0.4, -0.2) is 29.4 Å². The zero-order chi connectivity index (χ0) is 21.8. The van der Waals surface area contributed by atoms with Crippen molar-refractivity contribution in [2.45, 2.75) is 46.9 Å². The molecule has 0 unspecified atom stereocenters. The lowest BCUT2D eigenvalue weighted by atomic mass is 9.99. The van der Waals surface area contributed by atoms with E-state index in [0.717, 1.165) is 17.3 Å². The number of hydrogen-bond acceptors (Lipinski definition) is 5. The first-order valence-corrected chi connectivity index (χ1v) is 9.08. The van der Waals surface area contributed by atoms with Crippen LogP contribution in [0, 0.1) is 11.2 Å². The number of hydrogen-bond donors (Lipinski definition) is 0. The molecule has 0 saturated carbocycles. The summed E-state index contributed by atoms with van der Waals surface area (Å²) >= 11 is 0. The number of rotatable bonds is 7. The van der Waals surface area contributed by atoms with Gasteiger partial charge in [0, 0.05) is 11.8 Å². The van der Waals surface area contributed by atoms with Crippen LogP contribution in [0.1, 0.15) is 40.3 Å². The first-order valence-electron chi connectivity index (χ1n) is 9.08. The Morgan fingerprint density at radius 3 is 2.34 bits per heavy atom. The van der Waals surface area contributed by atoms with Gasteiger partial charge >= 0.3 is 6.18 Å². The summed E-state index contributed by atoms with van der Waals surface area (Å²) in [6.45, 7) is 9.36. The monoisotopic (exact) mass is 415 g/mol. The summed E-state index contributed by atoms with van der Waals surface area (Å²) in [7, 11) is 0. The Balaban J connectivity index is 2.43. The Bertz CT molecular complexity index is 820. The van der Waals surface area contributed by atoms with Crippen LogP contribution in [0.4, 0.5) is 23.2 Å². The van der Waals surface area contributed by atoms with Crippen molar-refractivity contribution < 1.29 is 27.1 Å². The van der Waals surface area contributed by atoms with Crippen molar-refractivity contribution in [3.05, 3.63) is 42.1 Å². The Kier molecular flexibility index (Phi) is 7.18. The highest BCUT2D eigenvalue weighted by Gasteiger charge is 2.38. The lowest BCUT2D eigenvalue weighted by Gasteiger charge is -2.29. The molecule has 0 aliphatic rings. The topological polar surface area (TPSA) is 47.5 Å². The van der Waals surface area contributed by atoms with Gasteiger partial charge in [0.25, 0.3) is 0 Å². The van der Waals surface area contributed by atoms with E-state index in [1.165, 1.54) is 18.3 Å². The van der Waals surface area contributed by atoms with Gasteiger partial charge in [-0.25, -0.2) is 14.4 Å². The van der Waals surface area contributed by atoms with E-state index in [-0.39, 0.29) is 35.2 Å². The molecule has 160 valence electrons. The van der Waals surface area contributed by atoms with Crippen molar-refractivity contribution in [1.29, 1.82) is 0 Å².